The fourth-order valence-electron chi connectivity index (χ4n) is 7.77. The minimum absolute atomic E-state index is 0.000922. The molecule has 2 rings (SSSR count). The zero-order valence-corrected chi connectivity index (χ0v) is 28.7. The number of allylic oxidation sites excluding steroid dienone is 1. The van der Waals surface area contributed by atoms with E-state index in [4.69, 9.17) is 8.85 Å². The van der Waals surface area contributed by atoms with Gasteiger partial charge in [-0.3, -0.25) is 4.79 Å². The third kappa shape index (κ3) is 8.72. The zero-order chi connectivity index (χ0) is 31.9. The van der Waals surface area contributed by atoms with Crippen molar-refractivity contribution in [3.63, 3.8) is 0 Å². The summed E-state index contributed by atoms with van der Waals surface area (Å²) in [5, 5.41) is 0. The molecule has 0 saturated heterocycles. The van der Waals surface area contributed by atoms with Crippen LogP contribution in [0.5, 0.6) is 0 Å². The predicted molar refractivity (Wildman–Crippen MR) is 157 cm³/mol. The quantitative estimate of drug-likeness (QED) is 0.122. The number of alkyl halides is 6. The van der Waals surface area contributed by atoms with Crippen LogP contribution >= 0.6 is 0 Å². The van der Waals surface area contributed by atoms with E-state index in [9.17, 15) is 31.1 Å². The summed E-state index contributed by atoms with van der Waals surface area (Å²) < 4.78 is 96.4. The van der Waals surface area contributed by atoms with E-state index >= 15 is 0 Å². The lowest BCUT2D eigenvalue weighted by Crippen LogP contribution is -2.61. The van der Waals surface area contributed by atoms with E-state index < -0.39 is 45.6 Å². The summed E-state index contributed by atoms with van der Waals surface area (Å²) in [4.78, 5) is 12.8. The molecule has 2 fully saturated rings. The van der Waals surface area contributed by atoms with Gasteiger partial charge in [0.15, 0.2) is 16.6 Å². The highest BCUT2D eigenvalue weighted by atomic mass is 28.4. The number of ketones is 1. The molecule has 0 spiro atoms. The summed E-state index contributed by atoms with van der Waals surface area (Å²) in [6.07, 6.45) is -4.38. The van der Waals surface area contributed by atoms with Crippen molar-refractivity contribution in [2.45, 2.75) is 148 Å². The molecule has 0 aromatic rings. The van der Waals surface area contributed by atoms with Crippen LogP contribution in [0.4, 0.5) is 26.3 Å². The Labute approximate surface area is 245 Å². The molecule has 3 nitrogen and oxygen atoms in total. The molecule has 240 valence electrons. The molecule has 0 aliphatic heterocycles. The molecule has 2 unspecified atom stereocenters. The standard InChI is InChI=1S/C30H52F6O3Si2/c1-25(2,38-40(5,6)7)17-12-18-26(3,24-16-15-22-23(37)14-11-20-27(22,24)4)19-13-21-28(29(31,32)33,30(34,35)36)39-41(8,9)10/h13,21-22,24H,11-12,14-20H2,1-10H3/b21-13+/t22?,24?,26-,27+/m1/s1. The number of carbonyl (C=O) groups is 1. The molecule has 2 aliphatic carbocycles. The van der Waals surface area contributed by atoms with Crippen LogP contribution in [0, 0.1) is 22.7 Å². The Balaban J connectivity index is 2.48. The van der Waals surface area contributed by atoms with Gasteiger partial charge in [0, 0.05) is 12.3 Å². The van der Waals surface area contributed by atoms with E-state index in [0.29, 0.717) is 19.3 Å². The average molecular weight is 631 g/mol. The monoisotopic (exact) mass is 630 g/mol. The Bertz CT molecular complexity index is 934. The van der Waals surface area contributed by atoms with Gasteiger partial charge in [0.2, 0.25) is 0 Å². The van der Waals surface area contributed by atoms with Gasteiger partial charge < -0.3 is 8.85 Å². The Morgan fingerprint density at radius 3 is 1.90 bits per heavy atom. The molecular formula is C30H52F6O3Si2. The van der Waals surface area contributed by atoms with Crippen LogP contribution in [0.2, 0.25) is 39.3 Å². The molecule has 0 amide bonds. The highest BCUT2D eigenvalue weighted by molar-refractivity contribution is 6.70. The first kappa shape index (κ1) is 36.5. The fraction of sp³-hybridized carbons (Fsp3) is 0.900. The summed E-state index contributed by atoms with van der Waals surface area (Å²) in [6, 6.07) is 0. The van der Waals surface area contributed by atoms with Crippen LogP contribution in [0.25, 0.3) is 0 Å². The number of Topliss-reactive ketones (excluding diaryl/α,β-unsaturated/α-hetero) is 1. The highest BCUT2D eigenvalue weighted by Crippen LogP contribution is 2.62. The van der Waals surface area contributed by atoms with Crippen LogP contribution in [-0.4, -0.2) is 46.0 Å². The summed E-state index contributed by atoms with van der Waals surface area (Å²) in [7, 11) is -5.10. The van der Waals surface area contributed by atoms with E-state index in [2.05, 4.69) is 26.6 Å². The normalized spacial score (nSPS) is 26.9. The van der Waals surface area contributed by atoms with Crippen LogP contribution in [0.15, 0.2) is 12.2 Å². The molecule has 2 aliphatic rings. The number of carbonyl (C=O) groups excluding carboxylic acids is 1. The first-order valence-corrected chi connectivity index (χ1v) is 21.7. The highest BCUT2D eigenvalue weighted by Gasteiger charge is 2.71. The predicted octanol–water partition coefficient (Wildman–Crippen LogP) is 10.2. The summed E-state index contributed by atoms with van der Waals surface area (Å²) in [5.41, 5.74) is -5.67. The third-order valence-electron chi connectivity index (χ3n) is 9.06. The Morgan fingerprint density at radius 1 is 0.878 bits per heavy atom. The first-order chi connectivity index (χ1) is 18.2. The van der Waals surface area contributed by atoms with Crippen LogP contribution < -0.4 is 0 Å². The van der Waals surface area contributed by atoms with E-state index in [1.54, 1.807) is 0 Å². The van der Waals surface area contributed by atoms with E-state index in [0.717, 1.165) is 38.2 Å². The Kier molecular flexibility index (Phi) is 10.7. The molecule has 0 radical (unpaired) electrons. The smallest absolute Gasteiger partial charge is 0.413 e. The lowest BCUT2D eigenvalue weighted by atomic mass is 9.56. The SMILES string of the molecule is CC(C)(CCC[C@](C)(C/C=C/C(O[Si](C)(C)C)(C(F)(F)F)C(F)(F)F)C1CCC2C(=O)CCC[C@@]21C)O[Si](C)(C)C. The molecule has 0 N–H and O–H groups in total. The zero-order valence-electron chi connectivity index (χ0n) is 26.7. The first-order valence-electron chi connectivity index (χ1n) is 14.9. The number of hydrogen-bond acceptors (Lipinski definition) is 3. The van der Waals surface area contributed by atoms with Gasteiger partial charge in [0.05, 0.1) is 5.60 Å². The van der Waals surface area contributed by atoms with Crippen molar-refractivity contribution >= 4 is 22.4 Å². The Hall–Kier alpha value is -0.656. The van der Waals surface area contributed by atoms with Gasteiger partial charge in [0.25, 0.3) is 5.60 Å². The second-order valence-corrected chi connectivity index (χ2v) is 24.4. The van der Waals surface area contributed by atoms with Gasteiger partial charge in [-0.1, -0.05) is 26.3 Å². The van der Waals surface area contributed by atoms with Gasteiger partial charge >= 0.3 is 12.4 Å². The van der Waals surface area contributed by atoms with Crippen molar-refractivity contribution in [2.24, 2.45) is 22.7 Å². The van der Waals surface area contributed by atoms with Crippen LogP contribution in [0.1, 0.15) is 85.5 Å². The largest absolute Gasteiger partial charge is 0.429 e. The fourth-order valence-corrected chi connectivity index (χ4v) is 10.8. The number of fused-ring (bicyclic) bond motifs is 1. The van der Waals surface area contributed by atoms with Gasteiger partial charge in [-0.05, 0) is 121 Å². The minimum Gasteiger partial charge on any atom is -0.413 e. The second-order valence-electron chi connectivity index (χ2n) is 15.5. The molecule has 2 saturated carbocycles. The van der Waals surface area contributed by atoms with Crippen molar-refractivity contribution in [3.8, 4) is 0 Å². The van der Waals surface area contributed by atoms with E-state index in [1.807, 2.05) is 20.8 Å². The van der Waals surface area contributed by atoms with Crippen molar-refractivity contribution in [1.82, 2.24) is 0 Å². The van der Waals surface area contributed by atoms with Crippen molar-refractivity contribution in [1.29, 1.82) is 0 Å². The van der Waals surface area contributed by atoms with Crippen LogP contribution in [0.3, 0.4) is 0 Å². The second kappa shape index (κ2) is 12.0. The van der Waals surface area contributed by atoms with Gasteiger partial charge in [-0.15, -0.1) is 0 Å². The Morgan fingerprint density at radius 2 is 1.41 bits per heavy atom. The van der Waals surface area contributed by atoms with Crippen LogP contribution in [-0.2, 0) is 13.6 Å². The molecule has 4 atom stereocenters. The molecule has 11 heteroatoms. The van der Waals surface area contributed by atoms with Gasteiger partial charge in [-0.25, -0.2) is 0 Å². The summed E-state index contributed by atoms with van der Waals surface area (Å²) in [6.45, 7) is 18.5. The van der Waals surface area contributed by atoms with Gasteiger partial charge in [-0.2, -0.15) is 26.3 Å². The molecule has 41 heavy (non-hydrogen) atoms. The molecule has 0 aromatic heterocycles. The molecular weight excluding hydrogens is 578 g/mol. The number of halogens is 6. The molecule has 0 heterocycles. The lowest BCUT2D eigenvalue weighted by molar-refractivity contribution is -0.340. The van der Waals surface area contributed by atoms with E-state index in [1.165, 1.54) is 19.6 Å². The number of hydrogen-bond donors (Lipinski definition) is 0. The molecule has 0 aromatic carbocycles. The van der Waals surface area contributed by atoms with Crippen molar-refractivity contribution in [3.05, 3.63) is 12.2 Å². The maximum Gasteiger partial charge on any atom is 0.429 e. The average Bonchev–Trinajstić information content (AvgIpc) is 3.07. The summed E-state index contributed by atoms with van der Waals surface area (Å²) in [5.74, 6) is 0.135. The maximum absolute atomic E-state index is 14.2. The topological polar surface area (TPSA) is 35.5 Å². The maximum atomic E-state index is 14.2. The lowest BCUT2D eigenvalue weighted by Gasteiger charge is -2.48. The van der Waals surface area contributed by atoms with Crippen molar-refractivity contribution in [2.75, 3.05) is 0 Å². The van der Waals surface area contributed by atoms with Crippen molar-refractivity contribution < 1.29 is 40.0 Å². The molecule has 0 bridgehead atoms. The van der Waals surface area contributed by atoms with Gasteiger partial charge in [0.1, 0.15) is 5.78 Å². The number of rotatable bonds is 12. The van der Waals surface area contributed by atoms with E-state index in [-0.39, 0.29) is 35.5 Å². The summed E-state index contributed by atoms with van der Waals surface area (Å²) >= 11 is 0. The minimum atomic E-state index is -5.67. The third-order valence-corrected chi connectivity index (χ3v) is 11.2.